The number of likely N-dealkylation sites (tertiary alicyclic amines) is 2. The minimum absolute atomic E-state index is 0.0963. The number of aromatic nitrogens is 4. The zero-order chi connectivity index (χ0) is 19.9. The molecule has 0 aromatic carbocycles. The summed E-state index contributed by atoms with van der Waals surface area (Å²) in [7, 11) is 5.30. The second-order valence-corrected chi connectivity index (χ2v) is 7.73. The standard InChI is InChI=1S/C19H26N6O3/c1-22-11-15(20-13-22)14-10-25(17(26)16-4-6-21-23(16)2)12-19(14)5-7-24(18(19)27)8-9-28-3/h4,6,11,13-14H,5,7-10,12H2,1-3H3/t14-,19+/m1/s1. The predicted molar refractivity (Wildman–Crippen MR) is 101 cm³/mol. The number of carbonyl (C=O) groups excluding carboxylic acids is 2. The van der Waals surface area contributed by atoms with Gasteiger partial charge in [-0.1, -0.05) is 0 Å². The lowest BCUT2D eigenvalue weighted by Gasteiger charge is -2.27. The van der Waals surface area contributed by atoms with E-state index in [-0.39, 0.29) is 17.7 Å². The van der Waals surface area contributed by atoms with Gasteiger partial charge >= 0.3 is 0 Å². The van der Waals surface area contributed by atoms with Gasteiger partial charge in [-0.25, -0.2) is 4.98 Å². The Bertz CT molecular complexity index is 890. The smallest absolute Gasteiger partial charge is 0.272 e. The van der Waals surface area contributed by atoms with Gasteiger partial charge in [0.15, 0.2) is 0 Å². The quantitative estimate of drug-likeness (QED) is 0.736. The van der Waals surface area contributed by atoms with E-state index in [1.165, 1.54) is 0 Å². The summed E-state index contributed by atoms with van der Waals surface area (Å²) in [5, 5.41) is 4.10. The Morgan fingerprint density at radius 3 is 2.86 bits per heavy atom. The molecule has 0 N–H and O–H groups in total. The zero-order valence-corrected chi connectivity index (χ0v) is 16.5. The van der Waals surface area contributed by atoms with Gasteiger partial charge in [0.25, 0.3) is 5.91 Å². The van der Waals surface area contributed by atoms with Gasteiger partial charge in [0.2, 0.25) is 5.91 Å². The molecule has 0 unspecified atom stereocenters. The number of carbonyl (C=O) groups is 2. The van der Waals surface area contributed by atoms with Crippen molar-refractivity contribution < 1.29 is 14.3 Å². The maximum absolute atomic E-state index is 13.4. The van der Waals surface area contributed by atoms with Crippen LogP contribution >= 0.6 is 0 Å². The Labute approximate surface area is 163 Å². The highest BCUT2D eigenvalue weighted by molar-refractivity contribution is 5.95. The molecule has 2 atom stereocenters. The van der Waals surface area contributed by atoms with Crippen LogP contribution < -0.4 is 0 Å². The first-order valence-electron chi connectivity index (χ1n) is 9.50. The van der Waals surface area contributed by atoms with Crippen molar-refractivity contribution in [2.24, 2.45) is 19.5 Å². The molecule has 28 heavy (non-hydrogen) atoms. The molecular weight excluding hydrogens is 360 g/mol. The van der Waals surface area contributed by atoms with Crippen molar-refractivity contribution in [3.63, 3.8) is 0 Å². The van der Waals surface area contributed by atoms with Crippen LogP contribution in [0.3, 0.4) is 0 Å². The van der Waals surface area contributed by atoms with Crippen LogP contribution in [0.2, 0.25) is 0 Å². The molecule has 4 heterocycles. The summed E-state index contributed by atoms with van der Waals surface area (Å²) in [6.45, 7) is 2.64. The Morgan fingerprint density at radius 1 is 1.39 bits per heavy atom. The molecule has 2 saturated heterocycles. The Morgan fingerprint density at radius 2 is 2.21 bits per heavy atom. The van der Waals surface area contributed by atoms with E-state index in [0.717, 1.165) is 5.69 Å². The van der Waals surface area contributed by atoms with Crippen molar-refractivity contribution in [2.45, 2.75) is 12.3 Å². The lowest BCUT2D eigenvalue weighted by Crippen LogP contribution is -2.41. The van der Waals surface area contributed by atoms with Gasteiger partial charge in [-0.2, -0.15) is 5.10 Å². The number of hydrogen-bond acceptors (Lipinski definition) is 5. The summed E-state index contributed by atoms with van der Waals surface area (Å²) in [6, 6.07) is 1.71. The number of methoxy groups -OCH3 is 1. The molecule has 2 aromatic rings. The summed E-state index contributed by atoms with van der Waals surface area (Å²) in [5.74, 6) is -0.118. The van der Waals surface area contributed by atoms with E-state index < -0.39 is 5.41 Å². The Balaban J connectivity index is 1.66. The molecule has 2 aromatic heterocycles. The third kappa shape index (κ3) is 2.90. The fourth-order valence-corrected chi connectivity index (χ4v) is 4.54. The van der Waals surface area contributed by atoms with Crippen molar-refractivity contribution in [3.8, 4) is 0 Å². The fraction of sp³-hybridized carbons (Fsp3) is 0.579. The van der Waals surface area contributed by atoms with Crippen LogP contribution in [0.25, 0.3) is 0 Å². The first kappa shape index (κ1) is 18.7. The van der Waals surface area contributed by atoms with E-state index >= 15 is 0 Å². The van der Waals surface area contributed by atoms with E-state index in [1.54, 1.807) is 42.3 Å². The van der Waals surface area contributed by atoms with Crippen molar-refractivity contribution in [1.82, 2.24) is 29.1 Å². The molecule has 0 aliphatic carbocycles. The monoisotopic (exact) mass is 386 g/mol. The van der Waals surface area contributed by atoms with Gasteiger partial charge in [0, 0.05) is 65.7 Å². The molecule has 0 bridgehead atoms. The van der Waals surface area contributed by atoms with Crippen LogP contribution in [0.1, 0.15) is 28.5 Å². The largest absolute Gasteiger partial charge is 0.383 e. The van der Waals surface area contributed by atoms with Crippen LogP contribution in [0.5, 0.6) is 0 Å². The number of amides is 2. The Kier molecular flexibility index (Phi) is 4.70. The third-order valence-corrected chi connectivity index (χ3v) is 6.06. The molecule has 2 aliphatic heterocycles. The van der Waals surface area contributed by atoms with E-state index in [9.17, 15) is 9.59 Å². The van der Waals surface area contributed by atoms with Gasteiger partial charge in [-0.05, 0) is 12.5 Å². The van der Waals surface area contributed by atoms with Crippen LogP contribution in [0, 0.1) is 5.41 Å². The topological polar surface area (TPSA) is 85.5 Å². The normalized spacial score (nSPS) is 24.7. The van der Waals surface area contributed by atoms with Gasteiger partial charge in [-0.15, -0.1) is 0 Å². The second-order valence-electron chi connectivity index (χ2n) is 7.73. The van der Waals surface area contributed by atoms with Gasteiger partial charge in [0.05, 0.1) is 24.0 Å². The highest BCUT2D eigenvalue weighted by Crippen LogP contribution is 2.49. The maximum atomic E-state index is 13.4. The predicted octanol–water partition coefficient (Wildman–Crippen LogP) is 0.258. The van der Waals surface area contributed by atoms with Crippen LogP contribution in [0.15, 0.2) is 24.8 Å². The minimum Gasteiger partial charge on any atom is -0.383 e. The van der Waals surface area contributed by atoms with E-state index in [1.807, 2.05) is 22.7 Å². The molecule has 2 aliphatic rings. The SMILES string of the molecule is COCCN1CC[C@@]2(CN(C(=O)c3ccnn3C)C[C@@H]2c2cn(C)cn2)C1=O. The van der Waals surface area contributed by atoms with E-state index in [4.69, 9.17) is 4.74 Å². The summed E-state index contributed by atoms with van der Waals surface area (Å²) in [5.41, 5.74) is 0.763. The molecule has 4 rings (SSSR count). The summed E-state index contributed by atoms with van der Waals surface area (Å²) >= 11 is 0. The van der Waals surface area contributed by atoms with Crippen LogP contribution in [-0.2, 0) is 23.6 Å². The molecule has 0 saturated carbocycles. The first-order valence-corrected chi connectivity index (χ1v) is 9.50. The van der Waals surface area contributed by atoms with Gasteiger partial charge < -0.3 is 19.1 Å². The van der Waals surface area contributed by atoms with Crippen molar-refractivity contribution in [1.29, 1.82) is 0 Å². The number of aryl methyl sites for hydroxylation is 2. The number of hydrogen-bond donors (Lipinski definition) is 0. The Hall–Kier alpha value is -2.68. The first-order chi connectivity index (χ1) is 13.5. The van der Waals surface area contributed by atoms with Crippen molar-refractivity contribution in [2.75, 3.05) is 39.9 Å². The summed E-state index contributed by atoms with van der Waals surface area (Å²) in [4.78, 5) is 34.7. The van der Waals surface area contributed by atoms with Gasteiger partial charge in [-0.3, -0.25) is 14.3 Å². The average Bonchev–Trinajstić information content (AvgIpc) is 3.43. The highest BCUT2D eigenvalue weighted by Gasteiger charge is 2.58. The van der Waals surface area contributed by atoms with Crippen LogP contribution in [-0.4, -0.2) is 80.8 Å². The number of rotatable bonds is 5. The lowest BCUT2D eigenvalue weighted by atomic mass is 9.75. The molecule has 2 amide bonds. The highest BCUT2D eigenvalue weighted by atomic mass is 16.5. The number of imidazole rings is 1. The zero-order valence-electron chi connectivity index (χ0n) is 16.5. The summed E-state index contributed by atoms with van der Waals surface area (Å²) < 4.78 is 8.62. The minimum atomic E-state index is -0.629. The van der Waals surface area contributed by atoms with Crippen LogP contribution in [0.4, 0.5) is 0 Å². The lowest BCUT2D eigenvalue weighted by molar-refractivity contribution is -0.136. The summed E-state index contributed by atoms with van der Waals surface area (Å²) in [6.07, 6.45) is 6.03. The number of nitrogens with zero attached hydrogens (tertiary/aromatic N) is 6. The molecular formula is C19H26N6O3. The molecule has 2 fully saturated rings. The average molecular weight is 386 g/mol. The molecule has 0 radical (unpaired) electrons. The molecule has 9 heteroatoms. The number of ether oxygens (including phenoxy) is 1. The molecule has 9 nitrogen and oxygen atoms in total. The van der Waals surface area contributed by atoms with Crippen molar-refractivity contribution in [3.05, 3.63) is 36.2 Å². The molecule has 1 spiro atoms. The fourth-order valence-electron chi connectivity index (χ4n) is 4.54. The van der Waals surface area contributed by atoms with Gasteiger partial charge in [0.1, 0.15) is 5.69 Å². The van der Waals surface area contributed by atoms with Crippen molar-refractivity contribution >= 4 is 11.8 Å². The molecule has 150 valence electrons. The third-order valence-electron chi connectivity index (χ3n) is 6.06. The second kappa shape index (κ2) is 7.05. The van der Waals surface area contributed by atoms with E-state index in [0.29, 0.717) is 44.9 Å². The maximum Gasteiger partial charge on any atom is 0.272 e. The van der Waals surface area contributed by atoms with E-state index in [2.05, 4.69) is 10.1 Å².